The van der Waals surface area contributed by atoms with Crippen LogP contribution in [0.25, 0.3) is 0 Å². The highest BCUT2D eigenvalue weighted by Gasteiger charge is 2.31. The first-order valence-corrected chi connectivity index (χ1v) is 9.41. The molecule has 0 aromatic heterocycles. The summed E-state index contributed by atoms with van der Waals surface area (Å²) in [6.45, 7) is 0. The van der Waals surface area contributed by atoms with Crippen molar-refractivity contribution in [1.29, 1.82) is 0 Å². The van der Waals surface area contributed by atoms with Crippen LogP contribution in [0, 0.1) is 5.82 Å². The average Bonchev–Trinajstić information content (AvgIpc) is 3.08. The molecule has 0 aliphatic carbocycles. The maximum atomic E-state index is 14.5. The van der Waals surface area contributed by atoms with Crippen LogP contribution in [0.2, 0.25) is 5.02 Å². The summed E-state index contributed by atoms with van der Waals surface area (Å²) < 4.78 is 15.5. The number of halogens is 3. The topological polar surface area (TPSA) is 15.6 Å². The molecule has 0 bridgehead atoms. The Morgan fingerprint density at radius 2 is 1.77 bits per heavy atom. The van der Waals surface area contributed by atoms with E-state index in [0.29, 0.717) is 17.0 Å². The van der Waals surface area contributed by atoms with Crippen molar-refractivity contribution in [2.24, 2.45) is 5.10 Å². The van der Waals surface area contributed by atoms with Gasteiger partial charge < -0.3 is 0 Å². The summed E-state index contributed by atoms with van der Waals surface area (Å²) >= 11 is 9.62. The van der Waals surface area contributed by atoms with Gasteiger partial charge >= 0.3 is 0 Å². The molecule has 3 aromatic carbocycles. The molecule has 0 amide bonds. The number of hydrogen-bond acceptors (Lipinski definition) is 2. The minimum absolute atomic E-state index is 0.215. The lowest BCUT2D eigenvalue weighted by molar-refractivity contribution is 0.579. The number of nitrogens with zero attached hydrogens (tertiary/aromatic N) is 2. The minimum atomic E-state index is -0.225. The van der Waals surface area contributed by atoms with E-state index in [2.05, 4.69) is 15.9 Å². The van der Waals surface area contributed by atoms with E-state index >= 15 is 0 Å². The van der Waals surface area contributed by atoms with Crippen molar-refractivity contribution in [3.05, 3.63) is 99.2 Å². The van der Waals surface area contributed by atoms with Gasteiger partial charge in [0.1, 0.15) is 5.82 Å². The molecule has 5 heteroatoms. The summed E-state index contributed by atoms with van der Waals surface area (Å²) in [5, 5.41) is 7.30. The fourth-order valence-electron chi connectivity index (χ4n) is 3.17. The van der Waals surface area contributed by atoms with Crippen molar-refractivity contribution in [3.63, 3.8) is 0 Å². The van der Waals surface area contributed by atoms with Gasteiger partial charge in [-0.2, -0.15) is 5.10 Å². The Kier molecular flexibility index (Phi) is 4.79. The van der Waals surface area contributed by atoms with E-state index in [-0.39, 0.29) is 11.9 Å². The Hall–Kier alpha value is -2.17. The molecule has 2 nitrogen and oxygen atoms in total. The molecule has 26 heavy (non-hydrogen) atoms. The zero-order chi connectivity index (χ0) is 18.1. The van der Waals surface area contributed by atoms with E-state index in [9.17, 15) is 4.39 Å². The van der Waals surface area contributed by atoms with E-state index < -0.39 is 0 Å². The Balaban J connectivity index is 1.78. The summed E-state index contributed by atoms with van der Waals surface area (Å²) in [5.74, 6) is -0.225. The van der Waals surface area contributed by atoms with Gasteiger partial charge in [0.2, 0.25) is 0 Å². The number of hydrogen-bond donors (Lipinski definition) is 0. The fourth-order valence-corrected chi connectivity index (χ4v) is 3.62. The second-order valence-corrected chi connectivity index (χ2v) is 7.47. The van der Waals surface area contributed by atoms with Gasteiger partial charge in [-0.05, 0) is 42.0 Å². The average molecular weight is 430 g/mol. The predicted octanol–water partition coefficient (Wildman–Crippen LogP) is 6.60. The van der Waals surface area contributed by atoms with Crippen molar-refractivity contribution in [2.75, 3.05) is 5.01 Å². The molecule has 0 saturated heterocycles. The lowest BCUT2D eigenvalue weighted by Crippen LogP contribution is -2.19. The van der Waals surface area contributed by atoms with Crippen LogP contribution < -0.4 is 5.01 Å². The van der Waals surface area contributed by atoms with E-state index in [1.807, 2.05) is 65.7 Å². The largest absolute Gasteiger partial charge is 0.257 e. The maximum absolute atomic E-state index is 14.5. The normalized spacial score (nSPS) is 16.7. The molecule has 0 fully saturated rings. The molecule has 1 unspecified atom stereocenters. The standard InChI is InChI=1S/C21H15BrClFN2/c22-15-10-8-14(9-11-15)20-13-21(18-6-1-2-7-19(18)24)26(25-20)17-5-3-4-16(23)12-17/h1-12,21H,13H2. The highest BCUT2D eigenvalue weighted by Crippen LogP contribution is 2.38. The highest BCUT2D eigenvalue weighted by molar-refractivity contribution is 9.10. The number of hydrazone groups is 1. The van der Waals surface area contributed by atoms with Crippen LogP contribution in [-0.2, 0) is 0 Å². The smallest absolute Gasteiger partial charge is 0.128 e. The maximum Gasteiger partial charge on any atom is 0.128 e. The van der Waals surface area contributed by atoms with Crippen LogP contribution in [0.15, 0.2) is 82.4 Å². The first-order chi connectivity index (χ1) is 12.6. The molecule has 3 aromatic rings. The van der Waals surface area contributed by atoms with Crippen molar-refractivity contribution >= 4 is 38.9 Å². The Labute approximate surface area is 165 Å². The highest BCUT2D eigenvalue weighted by atomic mass is 79.9. The molecule has 130 valence electrons. The number of rotatable bonds is 3. The molecular formula is C21H15BrClFN2. The van der Waals surface area contributed by atoms with E-state index in [0.717, 1.165) is 21.4 Å². The lowest BCUT2D eigenvalue weighted by atomic mass is 9.98. The minimum Gasteiger partial charge on any atom is -0.257 e. The van der Waals surface area contributed by atoms with E-state index in [1.54, 1.807) is 6.07 Å². The van der Waals surface area contributed by atoms with Crippen molar-refractivity contribution in [1.82, 2.24) is 0 Å². The van der Waals surface area contributed by atoms with Crippen LogP contribution in [0.5, 0.6) is 0 Å². The molecule has 0 spiro atoms. The first-order valence-electron chi connectivity index (χ1n) is 8.24. The van der Waals surface area contributed by atoms with Gasteiger partial charge in [0.05, 0.1) is 17.4 Å². The lowest BCUT2D eigenvalue weighted by Gasteiger charge is -2.24. The van der Waals surface area contributed by atoms with Crippen LogP contribution in [0.4, 0.5) is 10.1 Å². The van der Waals surface area contributed by atoms with Gasteiger partial charge in [0.25, 0.3) is 0 Å². The third-order valence-corrected chi connectivity index (χ3v) is 5.19. The molecular weight excluding hydrogens is 415 g/mol. The van der Waals surface area contributed by atoms with Gasteiger partial charge in [-0.1, -0.05) is 63.9 Å². The van der Waals surface area contributed by atoms with Gasteiger partial charge in [0, 0.05) is 21.5 Å². The Morgan fingerprint density at radius 1 is 1.00 bits per heavy atom. The third-order valence-electron chi connectivity index (χ3n) is 4.42. The number of benzene rings is 3. The number of anilines is 1. The zero-order valence-electron chi connectivity index (χ0n) is 13.7. The molecule has 1 atom stereocenters. The van der Waals surface area contributed by atoms with E-state index in [1.165, 1.54) is 6.07 Å². The fraction of sp³-hybridized carbons (Fsp3) is 0.0952. The Morgan fingerprint density at radius 3 is 2.50 bits per heavy atom. The summed E-state index contributed by atoms with van der Waals surface area (Å²) in [5.41, 5.74) is 3.42. The summed E-state index contributed by atoms with van der Waals surface area (Å²) in [7, 11) is 0. The van der Waals surface area contributed by atoms with Gasteiger partial charge in [-0.25, -0.2) is 4.39 Å². The second kappa shape index (κ2) is 7.22. The molecule has 1 aliphatic rings. The van der Waals surface area contributed by atoms with Crippen LogP contribution in [0.1, 0.15) is 23.6 Å². The third kappa shape index (κ3) is 3.39. The van der Waals surface area contributed by atoms with Crippen LogP contribution in [-0.4, -0.2) is 5.71 Å². The quantitative estimate of drug-likeness (QED) is 0.458. The molecule has 0 radical (unpaired) electrons. The second-order valence-electron chi connectivity index (χ2n) is 6.12. The molecule has 1 heterocycles. The summed E-state index contributed by atoms with van der Waals surface area (Å²) in [6.07, 6.45) is 0.620. The zero-order valence-corrected chi connectivity index (χ0v) is 16.1. The van der Waals surface area contributed by atoms with E-state index in [4.69, 9.17) is 16.7 Å². The molecule has 1 aliphatic heterocycles. The van der Waals surface area contributed by atoms with Crippen molar-refractivity contribution < 1.29 is 4.39 Å². The van der Waals surface area contributed by atoms with Crippen LogP contribution >= 0.6 is 27.5 Å². The SMILES string of the molecule is Fc1ccccc1C1CC(c2ccc(Br)cc2)=NN1c1cccc(Cl)c1. The molecule has 0 saturated carbocycles. The van der Waals surface area contributed by atoms with Crippen LogP contribution in [0.3, 0.4) is 0 Å². The Bertz CT molecular complexity index is 972. The predicted molar refractivity (Wildman–Crippen MR) is 108 cm³/mol. The molecule has 0 N–H and O–H groups in total. The summed E-state index contributed by atoms with van der Waals surface area (Å²) in [4.78, 5) is 0. The summed E-state index contributed by atoms with van der Waals surface area (Å²) in [6, 6.07) is 22.1. The van der Waals surface area contributed by atoms with Crippen molar-refractivity contribution in [3.8, 4) is 0 Å². The first kappa shape index (κ1) is 17.3. The van der Waals surface area contributed by atoms with Crippen molar-refractivity contribution in [2.45, 2.75) is 12.5 Å². The van der Waals surface area contributed by atoms with Gasteiger partial charge in [-0.15, -0.1) is 0 Å². The monoisotopic (exact) mass is 428 g/mol. The van der Waals surface area contributed by atoms with Gasteiger partial charge in [0.15, 0.2) is 0 Å². The molecule has 4 rings (SSSR count). The van der Waals surface area contributed by atoms with Gasteiger partial charge in [-0.3, -0.25) is 5.01 Å².